The Balaban J connectivity index is 1.44. The molecule has 8 nitrogen and oxygen atoms in total. The number of hydrogen-bond acceptors (Lipinski definition) is 7. The van der Waals surface area contributed by atoms with E-state index in [1.54, 1.807) is 30.7 Å². The van der Waals surface area contributed by atoms with Crippen LogP contribution in [-0.4, -0.2) is 39.0 Å². The molecule has 0 radical (unpaired) electrons. The maximum absolute atomic E-state index is 14.4. The number of aromatic nitrogens is 4. The zero-order valence-corrected chi connectivity index (χ0v) is 19.6. The maximum atomic E-state index is 14.4. The first-order valence-corrected chi connectivity index (χ1v) is 11.7. The van der Waals surface area contributed by atoms with Crippen LogP contribution in [0, 0.1) is 11.6 Å². The minimum atomic E-state index is -0.997. The first-order valence-electron chi connectivity index (χ1n) is 11.7. The van der Waals surface area contributed by atoms with Gasteiger partial charge in [-0.1, -0.05) is 12.8 Å². The smallest absolute Gasteiger partial charge is 0.217 e. The molecule has 2 N–H and O–H groups in total. The predicted molar refractivity (Wildman–Crippen MR) is 127 cm³/mol. The van der Waals surface area contributed by atoms with Gasteiger partial charge < -0.3 is 15.4 Å². The topological polar surface area (TPSA) is 107 Å². The molecule has 4 rings (SSSR count). The molecule has 0 spiro atoms. The van der Waals surface area contributed by atoms with Crippen molar-refractivity contribution in [1.29, 1.82) is 0 Å². The standard InChI is InChI=1S/C25H28F2N6O2/c1-16-18-15-31-25(24-29-9-6-10-30-24)32-20(18)8-11-33(16)17-13-19(26)23(27)21(14-17)35-12-5-3-2-4-7-22(28)34/h6,9-10,13-16H,2-5,7-8,11-12H2,1H3,(H2,28,34). The Kier molecular flexibility index (Phi) is 7.79. The number of amides is 1. The van der Waals surface area contributed by atoms with Crippen molar-refractivity contribution in [3.05, 3.63) is 59.7 Å². The Hall–Kier alpha value is -3.69. The summed E-state index contributed by atoms with van der Waals surface area (Å²) in [6, 6.07) is 4.32. The second kappa shape index (κ2) is 11.2. The molecule has 0 aliphatic carbocycles. The zero-order valence-electron chi connectivity index (χ0n) is 19.6. The number of carbonyl (C=O) groups excluding carboxylic acids is 1. The number of hydrogen-bond donors (Lipinski definition) is 1. The fourth-order valence-electron chi connectivity index (χ4n) is 4.20. The van der Waals surface area contributed by atoms with Crippen molar-refractivity contribution in [2.45, 2.75) is 51.5 Å². The lowest BCUT2D eigenvalue weighted by atomic mass is 9.98. The molecule has 10 heteroatoms. The van der Waals surface area contributed by atoms with E-state index in [0.29, 0.717) is 49.6 Å². The number of carbonyl (C=O) groups is 1. The first-order chi connectivity index (χ1) is 16.9. The summed E-state index contributed by atoms with van der Waals surface area (Å²) < 4.78 is 34.4. The summed E-state index contributed by atoms with van der Waals surface area (Å²) in [6.45, 7) is 2.81. The fourth-order valence-corrected chi connectivity index (χ4v) is 4.20. The van der Waals surface area contributed by atoms with E-state index >= 15 is 0 Å². The average Bonchev–Trinajstić information content (AvgIpc) is 2.86. The average molecular weight is 483 g/mol. The van der Waals surface area contributed by atoms with E-state index in [1.807, 2.05) is 11.8 Å². The third-order valence-electron chi connectivity index (χ3n) is 6.06. The van der Waals surface area contributed by atoms with Crippen LogP contribution in [0.5, 0.6) is 5.75 Å². The number of nitrogens with zero attached hydrogens (tertiary/aromatic N) is 5. The summed E-state index contributed by atoms with van der Waals surface area (Å²) in [6.07, 6.45) is 9.02. The molecule has 1 atom stereocenters. The van der Waals surface area contributed by atoms with Gasteiger partial charge in [0.2, 0.25) is 11.7 Å². The number of unbranched alkanes of at least 4 members (excludes halogenated alkanes) is 3. The third kappa shape index (κ3) is 5.87. The number of primary amides is 1. The maximum Gasteiger partial charge on any atom is 0.217 e. The normalized spacial score (nSPS) is 15.1. The SMILES string of the molecule is CC1c2cnc(-c3ncccn3)nc2CCN1c1cc(F)c(F)c(OCCCCCCC(N)=O)c1. The van der Waals surface area contributed by atoms with Crippen molar-refractivity contribution in [3.8, 4) is 17.4 Å². The number of rotatable bonds is 10. The Morgan fingerprint density at radius 3 is 2.66 bits per heavy atom. The van der Waals surface area contributed by atoms with E-state index in [9.17, 15) is 13.6 Å². The van der Waals surface area contributed by atoms with Crippen LogP contribution < -0.4 is 15.4 Å². The molecule has 0 saturated carbocycles. The van der Waals surface area contributed by atoms with E-state index in [2.05, 4.69) is 19.9 Å². The number of nitrogens with two attached hydrogens (primary N) is 1. The van der Waals surface area contributed by atoms with Gasteiger partial charge in [0.1, 0.15) is 0 Å². The first kappa shape index (κ1) is 24.4. The van der Waals surface area contributed by atoms with Crippen LogP contribution in [0.25, 0.3) is 11.6 Å². The van der Waals surface area contributed by atoms with Gasteiger partial charge in [-0.3, -0.25) is 4.79 Å². The van der Waals surface area contributed by atoms with Gasteiger partial charge in [0.05, 0.1) is 18.3 Å². The van der Waals surface area contributed by atoms with Crippen molar-refractivity contribution in [3.63, 3.8) is 0 Å². The van der Waals surface area contributed by atoms with Crippen molar-refractivity contribution >= 4 is 11.6 Å². The number of anilines is 1. The molecule has 1 unspecified atom stereocenters. The number of halogens is 2. The van der Waals surface area contributed by atoms with Crippen LogP contribution in [-0.2, 0) is 11.2 Å². The van der Waals surface area contributed by atoms with Crippen molar-refractivity contribution in [2.24, 2.45) is 5.73 Å². The van der Waals surface area contributed by atoms with Gasteiger partial charge >= 0.3 is 0 Å². The fraction of sp³-hybridized carbons (Fsp3) is 0.400. The summed E-state index contributed by atoms with van der Waals surface area (Å²) in [4.78, 5) is 30.2. The van der Waals surface area contributed by atoms with Crippen LogP contribution in [0.4, 0.5) is 14.5 Å². The molecule has 1 aliphatic heterocycles. The van der Waals surface area contributed by atoms with Crippen LogP contribution in [0.3, 0.4) is 0 Å². The molecule has 35 heavy (non-hydrogen) atoms. The Bertz CT molecular complexity index is 1180. The van der Waals surface area contributed by atoms with Gasteiger partial charge in [0.25, 0.3) is 0 Å². The number of benzene rings is 1. The van der Waals surface area contributed by atoms with Crippen molar-refractivity contribution in [1.82, 2.24) is 19.9 Å². The van der Waals surface area contributed by atoms with Crippen molar-refractivity contribution in [2.75, 3.05) is 18.1 Å². The minimum absolute atomic E-state index is 0.108. The lowest BCUT2D eigenvalue weighted by molar-refractivity contribution is -0.118. The summed E-state index contributed by atoms with van der Waals surface area (Å²) in [5, 5.41) is 0. The van der Waals surface area contributed by atoms with E-state index in [1.165, 1.54) is 6.07 Å². The molecule has 0 fully saturated rings. The quantitative estimate of drug-likeness (QED) is 0.433. The van der Waals surface area contributed by atoms with Gasteiger partial charge in [-0.05, 0) is 25.8 Å². The molecule has 1 aromatic carbocycles. The monoisotopic (exact) mass is 482 g/mol. The van der Waals surface area contributed by atoms with E-state index in [4.69, 9.17) is 10.5 Å². The van der Waals surface area contributed by atoms with Crippen LogP contribution in [0.15, 0.2) is 36.8 Å². The van der Waals surface area contributed by atoms with Crippen LogP contribution in [0.2, 0.25) is 0 Å². The minimum Gasteiger partial charge on any atom is -0.490 e. The van der Waals surface area contributed by atoms with Crippen LogP contribution in [0.1, 0.15) is 56.3 Å². The van der Waals surface area contributed by atoms with E-state index < -0.39 is 11.6 Å². The molecule has 1 amide bonds. The second-order valence-corrected chi connectivity index (χ2v) is 8.51. The molecule has 2 aromatic heterocycles. The van der Waals surface area contributed by atoms with Gasteiger partial charge in [-0.15, -0.1) is 0 Å². The molecule has 3 aromatic rings. The van der Waals surface area contributed by atoms with Gasteiger partial charge in [0, 0.05) is 61.4 Å². The Morgan fingerprint density at radius 2 is 1.89 bits per heavy atom. The Morgan fingerprint density at radius 1 is 1.11 bits per heavy atom. The lowest BCUT2D eigenvalue weighted by Crippen LogP contribution is -2.35. The highest BCUT2D eigenvalue weighted by molar-refractivity contribution is 5.73. The molecule has 0 bridgehead atoms. The number of fused-ring (bicyclic) bond motifs is 1. The summed E-state index contributed by atoms with van der Waals surface area (Å²) in [7, 11) is 0. The van der Waals surface area contributed by atoms with Gasteiger partial charge in [0.15, 0.2) is 23.2 Å². The summed E-state index contributed by atoms with van der Waals surface area (Å²) >= 11 is 0. The zero-order chi connectivity index (χ0) is 24.8. The molecule has 1 aliphatic rings. The highest BCUT2D eigenvalue weighted by Crippen LogP contribution is 2.36. The highest BCUT2D eigenvalue weighted by atomic mass is 19.2. The number of ether oxygens (including phenoxy) is 1. The second-order valence-electron chi connectivity index (χ2n) is 8.51. The van der Waals surface area contributed by atoms with Gasteiger partial charge in [-0.2, -0.15) is 4.39 Å². The highest BCUT2D eigenvalue weighted by Gasteiger charge is 2.28. The van der Waals surface area contributed by atoms with E-state index in [-0.39, 0.29) is 24.3 Å². The summed E-state index contributed by atoms with van der Waals surface area (Å²) in [5.41, 5.74) is 7.47. The Labute approximate surface area is 202 Å². The third-order valence-corrected chi connectivity index (χ3v) is 6.06. The largest absolute Gasteiger partial charge is 0.490 e. The molecular weight excluding hydrogens is 454 g/mol. The van der Waals surface area contributed by atoms with Crippen LogP contribution >= 0.6 is 0 Å². The molecule has 184 valence electrons. The van der Waals surface area contributed by atoms with E-state index in [0.717, 1.165) is 24.1 Å². The molecular formula is C25H28F2N6O2. The lowest BCUT2D eigenvalue weighted by Gasteiger charge is -2.36. The molecule has 3 heterocycles. The van der Waals surface area contributed by atoms with Gasteiger partial charge in [-0.25, -0.2) is 24.3 Å². The molecule has 0 saturated heterocycles. The van der Waals surface area contributed by atoms with Crippen molar-refractivity contribution < 1.29 is 18.3 Å². The summed E-state index contributed by atoms with van der Waals surface area (Å²) in [5.74, 6) is -1.46. The predicted octanol–water partition coefficient (Wildman–Crippen LogP) is 4.15.